The number of rotatable bonds is 5. The molecule has 0 aliphatic carbocycles. The average molecular weight is 258 g/mol. The van der Waals surface area contributed by atoms with Crippen LogP contribution in [0.2, 0.25) is 0 Å². The topological polar surface area (TPSA) is 47.1 Å². The molecule has 4 nitrogen and oxygen atoms in total. The van der Waals surface area contributed by atoms with Crippen LogP contribution in [0.1, 0.15) is 25.1 Å². The van der Waals surface area contributed by atoms with Crippen LogP contribution in [0, 0.1) is 6.92 Å². The van der Waals surface area contributed by atoms with Gasteiger partial charge in [-0.3, -0.25) is 0 Å². The lowest BCUT2D eigenvalue weighted by Gasteiger charge is -2.23. The van der Waals surface area contributed by atoms with Crippen molar-refractivity contribution in [3.8, 4) is 5.69 Å². The fourth-order valence-corrected chi connectivity index (χ4v) is 2.38. The van der Waals surface area contributed by atoms with Crippen LogP contribution in [0.25, 0.3) is 5.69 Å². The molecule has 0 aliphatic heterocycles. The number of hydrogen-bond acceptors (Lipinski definition) is 3. The summed E-state index contributed by atoms with van der Waals surface area (Å²) in [5.41, 5.74) is 9.13. The summed E-state index contributed by atoms with van der Waals surface area (Å²) in [6.07, 6.45) is 0. The molecule has 0 bridgehead atoms. The smallest absolute Gasteiger partial charge is 0.137 e. The van der Waals surface area contributed by atoms with Crippen LogP contribution in [0.4, 0.5) is 5.82 Å². The fourth-order valence-electron chi connectivity index (χ4n) is 2.38. The first-order valence-corrected chi connectivity index (χ1v) is 6.81. The van der Waals surface area contributed by atoms with Gasteiger partial charge in [0, 0.05) is 25.2 Å². The maximum Gasteiger partial charge on any atom is 0.137 e. The first-order chi connectivity index (χ1) is 9.22. The molecule has 0 fully saturated rings. The Labute approximate surface area is 114 Å². The van der Waals surface area contributed by atoms with E-state index in [2.05, 4.69) is 36.0 Å². The van der Waals surface area contributed by atoms with Crippen molar-refractivity contribution in [2.24, 2.45) is 5.73 Å². The monoisotopic (exact) mass is 258 g/mol. The van der Waals surface area contributed by atoms with Crippen molar-refractivity contribution < 1.29 is 0 Å². The molecule has 0 atom stereocenters. The first-order valence-electron chi connectivity index (χ1n) is 6.81. The van der Waals surface area contributed by atoms with Gasteiger partial charge in [0.15, 0.2) is 0 Å². The number of benzene rings is 1. The highest BCUT2D eigenvalue weighted by atomic mass is 15.4. The van der Waals surface area contributed by atoms with Crippen LogP contribution in [-0.2, 0) is 6.54 Å². The van der Waals surface area contributed by atoms with E-state index in [1.807, 2.05) is 29.8 Å². The van der Waals surface area contributed by atoms with Gasteiger partial charge in [0.25, 0.3) is 0 Å². The number of nitrogens with two attached hydrogens (primary N) is 1. The van der Waals surface area contributed by atoms with E-state index >= 15 is 0 Å². The normalized spacial score (nSPS) is 10.7. The summed E-state index contributed by atoms with van der Waals surface area (Å²) in [5, 5.41) is 4.66. The van der Waals surface area contributed by atoms with Gasteiger partial charge >= 0.3 is 0 Å². The molecular weight excluding hydrogens is 236 g/mol. The van der Waals surface area contributed by atoms with Crippen molar-refractivity contribution in [3.63, 3.8) is 0 Å². The number of anilines is 1. The summed E-state index contributed by atoms with van der Waals surface area (Å²) in [4.78, 5) is 2.30. The molecule has 0 unspecified atom stereocenters. The highest BCUT2D eigenvalue weighted by molar-refractivity contribution is 5.55. The van der Waals surface area contributed by atoms with Gasteiger partial charge in [-0.25, -0.2) is 4.68 Å². The van der Waals surface area contributed by atoms with Gasteiger partial charge in [-0.2, -0.15) is 5.10 Å². The van der Waals surface area contributed by atoms with Crippen LogP contribution in [0.5, 0.6) is 0 Å². The molecule has 2 N–H and O–H groups in total. The Bertz CT molecular complexity index is 527. The van der Waals surface area contributed by atoms with Crippen molar-refractivity contribution in [1.29, 1.82) is 0 Å². The lowest BCUT2D eigenvalue weighted by molar-refractivity contribution is 0.777. The molecule has 2 aromatic rings. The van der Waals surface area contributed by atoms with Gasteiger partial charge in [-0.1, -0.05) is 18.2 Å². The number of aromatic nitrogens is 2. The van der Waals surface area contributed by atoms with Crippen molar-refractivity contribution in [3.05, 3.63) is 41.6 Å². The minimum Gasteiger partial charge on any atom is -0.357 e. The summed E-state index contributed by atoms with van der Waals surface area (Å²) in [6, 6.07) is 10.2. The van der Waals surface area contributed by atoms with Gasteiger partial charge in [0.2, 0.25) is 0 Å². The van der Waals surface area contributed by atoms with Gasteiger partial charge in [0.05, 0.1) is 11.4 Å². The predicted octanol–water partition coefficient (Wildman–Crippen LogP) is 2.49. The molecule has 102 valence electrons. The van der Waals surface area contributed by atoms with Crippen LogP contribution < -0.4 is 10.6 Å². The van der Waals surface area contributed by atoms with E-state index in [1.165, 1.54) is 0 Å². The summed E-state index contributed by atoms with van der Waals surface area (Å²) in [7, 11) is 0. The molecule has 2 rings (SSSR count). The van der Waals surface area contributed by atoms with E-state index in [0.717, 1.165) is 35.9 Å². The second-order valence-electron chi connectivity index (χ2n) is 4.51. The summed E-state index contributed by atoms with van der Waals surface area (Å²) in [6.45, 7) is 8.74. The summed E-state index contributed by atoms with van der Waals surface area (Å²) in [5.74, 6) is 1.12. The molecule has 0 radical (unpaired) electrons. The molecule has 1 aromatic carbocycles. The zero-order chi connectivity index (χ0) is 13.8. The van der Waals surface area contributed by atoms with Crippen LogP contribution >= 0.6 is 0 Å². The quantitative estimate of drug-likeness (QED) is 0.896. The Morgan fingerprint density at radius 3 is 2.32 bits per heavy atom. The van der Waals surface area contributed by atoms with Gasteiger partial charge in [-0.15, -0.1) is 0 Å². The van der Waals surface area contributed by atoms with Crippen LogP contribution in [0.15, 0.2) is 30.3 Å². The van der Waals surface area contributed by atoms with E-state index in [0.29, 0.717) is 6.54 Å². The third kappa shape index (κ3) is 2.49. The molecule has 0 aliphatic rings. The van der Waals surface area contributed by atoms with Crippen molar-refractivity contribution in [2.75, 3.05) is 18.0 Å². The first kappa shape index (κ1) is 13.6. The fraction of sp³-hybridized carbons (Fsp3) is 0.400. The standard InChI is InChI=1S/C15H22N4/c1-4-18(5-2)15-14(11-16)12(3)17-19(15)13-9-7-6-8-10-13/h6-10H,4-5,11,16H2,1-3H3. The van der Waals surface area contributed by atoms with Crippen LogP contribution in [0.3, 0.4) is 0 Å². The largest absolute Gasteiger partial charge is 0.357 e. The second-order valence-corrected chi connectivity index (χ2v) is 4.51. The number of aryl methyl sites for hydroxylation is 1. The number of hydrogen-bond donors (Lipinski definition) is 1. The van der Waals surface area contributed by atoms with Crippen molar-refractivity contribution >= 4 is 5.82 Å². The zero-order valence-electron chi connectivity index (χ0n) is 11.9. The summed E-state index contributed by atoms with van der Waals surface area (Å²) < 4.78 is 2.00. The second kappa shape index (κ2) is 5.89. The Morgan fingerprint density at radius 1 is 1.16 bits per heavy atom. The Hall–Kier alpha value is -1.81. The maximum atomic E-state index is 5.91. The lowest BCUT2D eigenvalue weighted by Crippen LogP contribution is -2.26. The average Bonchev–Trinajstić information content (AvgIpc) is 2.78. The van der Waals surface area contributed by atoms with E-state index in [1.54, 1.807) is 0 Å². The lowest BCUT2D eigenvalue weighted by atomic mass is 10.2. The third-order valence-corrected chi connectivity index (χ3v) is 3.43. The molecule has 0 spiro atoms. The van der Waals surface area contributed by atoms with E-state index in [4.69, 9.17) is 5.73 Å². The minimum absolute atomic E-state index is 0.518. The molecule has 19 heavy (non-hydrogen) atoms. The molecular formula is C15H22N4. The zero-order valence-corrected chi connectivity index (χ0v) is 11.9. The van der Waals surface area contributed by atoms with E-state index in [9.17, 15) is 0 Å². The molecule has 4 heteroatoms. The molecule has 0 saturated carbocycles. The van der Waals surface area contributed by atoms with Crippen molar-refractivity contribution in [1.82, 2.24) is 9.78 Å². The van der Waals surface area contributed by atoms with Crippen molar-refractivity contribution in [2.45, 2.75) is 27.3 Å². The van der Waals surface area contributed by atoms with Crippen LogP contribution in [-0.4, -0.2) is 22.9 Å². The van der Waals surface area contributed by atoms with E-state index < -0.39 is 0 Å². The predicted molar refractivity (Wildman–Crippen MR) is 79.8 cm³/mol. The summed E-state index contributed by atoms with van der Waals surface area (Å²) >= 11 is 0. The highest BCUT2D eigenvalue weighted by Crippen LogP contribution is 2.26. The molecule has 1 heterocycles. The number of nitrogens with zero attached hydrogens (tertiary/aromatic N) is 3. The van der Waals surface area contributed by atoms with Gasteiger partial charge < -0.3 is 10.6 Å². The third-order valence-electron chi connectivity index (χ3n) is 3.43. The number of para-hydroxylation sites is 1. The SMILES string of the molecule is CCN(CC)c1c(CN)c(C)nn1-c1ccccc1. The molecule has 1 aromatic heterocycles. The van der Waals surface area contributed by atoms with Gasteiger partial charge in [0.1, 0.15) is 5.82 Å². The maximum absolute atomic E-state index is 5.91. The van der Waals surface area contributed by atoms with Gasteiger partial charge in [-0.05, 0) is 32.9 Å². The molecule has 0 saturated heterocycles. The Morgan fingerprint density at radius 2 is 1.79 bits per heavy atom. The van der Waals surface area contributed by atoms with E-state index in [-0.39, 0.29) is 0 Å². The Kier molecular flexibility index (Phi) is 4.22. The Balaban J connectivity index is 2.61. The molecule has 0 amide bonds. The minimum atomic E-state index is 0.518. The highest BCUT2D eigenvalue weighted by Gasteiger charge is 2.19.